The molecule has 1 unspecified atom stereocenters. The lowest BCUT2D eigenvalue weighted by atomic mass is 10.2. The van der Waals surface area contributed by atoms with Gasteiger partial charge in [0.1, 0.15) is 0 Å². The van der Waals surface area contributed by atoms with Crippen LogP contribution < -0.4 is 11.1 Å². The number of hydrogen-bond donors (Lipinski definition) is 2. The topological polar surface area (TPSA) is 55.1 Å². The van der Waals surface area contributed by atoms with E-state index in [1.807, 2.05) is 38.1 Å². The molecule has 16 heavy (non-hydrogen) atoms. The van der Waals surface area contributed by atoms with Gasteiger partial charge >= 0.3 is 0 Å². The highest BCUT2D eigenvalue weighted by Crippen LogP contribution is 2.12. The number of hydrogen-bond acceptors (Lipinski definition) is 3. The standard InChI is InChI=1S/C12H18N2OS/c1-9-4-3-5-11(6-9)14-12(15)8-16-10(2)7-13/h3-6,10H,7-8,13H2,1-2H3,(H,14,15). The lowest BCUT2D eigenvalue weighted by molar-refractivity contribution is -0.113. The van der Waals surface area contributed by atoms with Crippen molar-refractivity contribution < 1.29 is 4.79 Å². The first kappa shape index (κ1) is 13.1. The van der Waals surface area contributed by atoms with Gasteiger partial charge < -0.3 is 11.1 Å². The maximum absolute atomic E-state index is 11.6. The third-order valence-corrected chi connectivity index (χ3v) is 3.32. The van der Waals surface area contributed by atoms with Gasteiger partial charge in [0.15, 0.2) is 0 Å². The van der Waals surface area contributed by atoms with Crippen molar-refractivity contribution in [2.24, 2.45) is 5.73 Å². The minimum Gasteiger partial charge on any atom is -0.329 e. The van der Waals surface area contributed by atoms with Crippen LogP contribution in [0.25, 0.3) is 0 Å². The van der Waals surface area contributed by atoms with Gasteiger partial charge in [-0.05, 0) is 24.6 Å². The lowest BCUT2D eigenvalue weighted by Crippen LogP contribution is -2.19. The molecule has 3 N–H and O–H groups in total. The van der Waals surface area contributed by atoms with Gasteiger partial charge in [0.05, 0.1) is 5.75 Å². The van der Waals surface area contributed by atoms with Crippen LogP contribution in [-0.2, 0) is 4.79 Å². The highest BCUT2D eigenvalue weighted by molar-refractivity contribution is 8.00. The van der Waals surface area contributed by atoms with E-state index >= 15 is 0 Å². The highest BCUT2D eigenvalue weighted by atomic mass is 32.2. The van der Waals surface area contributed by atoms with Crippen molar-refractivity contribution in [3.05, 3.63) is 29.8 Å². The summed E-state index contributed by atoms with van der Waals surface area (Å²) < 4.78 is 0. The Morgan fingerprint density at radius 1 is 1.56 bits per heavy atom. The Balaban J connectivity index is 2.40. The van der Waals surface area contributed by atoms with Crippen LogP contribution in [0.15, 0.2) is 24.3 Å². The van der Waals surface area contributed by atoms with Gasteiger partial charge in [-0.3, -0.25) is 4.79 Å². The van der Waals surface area contributed by atoms with E-state index in [4.69, 9.17) is 5.73 Å². The van der Waals surface area contributed by atoms with Crippen molar-refractivity contribution in [3.63, 3.8) is 0 Å². The predicted molar refractivity (Wildman–Crippen MR) is 70.8 cm³/mol. The van der Waals surface area contributed by atoms with Crippen LogP contribution in [-0.4, -0.2) is 23.5 Å². The largest absolute Gasteiger partial charge is 0.329 e. The Labute approximate surface area is 101 Å². The first-order chi connectivity index (χ1) is 7.61. The third-order valence-electron chi connectivity index (χ3n) is 2.13. The Morgan fingerprint density at radius 2 is 2.31 bits per heavy atom. The van der Waals surface area contributed by atoms with E-state index in [1.165, 1.54) is 0 Å². The fourth-order valence-electron chi connectivity index (χ4n) is 1.21. The summed E-state index contributed by atoms with van der Waals surface area (Å²) in [5.74, 6) is 0.475. The van der Waals surface area contributed by atoms with Crippen LogP contribution >= 0.6 is 11.8 Å². The average Bonchev–Trinajstić information content (AvgIpc) is 2.26. The van der Waals surface area contributed by atoms with Gasteiger partial charge in [0, 0.05) is 17.5 Å². The van der Waals surface area contributed by atoms with Gasteiger partial charge in [0.2, 0.25) is 5.91 Å². The second kappa shape index (κ2) is 6.55. The highest BCUT2D eigenvalue weighted by Gasteiger charge is 2.05. The number of rotatable bonds is 5. The van der Waals surface area contributed by atoms with Crippen molar-refractivity contribution in [2.45, 2.75) is 19.1 Å². The summed E-state index contributed by atoms with van der Waals surface area (Å²) in [4.78, 5) is 11.6. The summed E-state index contributed by atoms with van der Waals surface area (Å²) in [6, 6.07) is 7.78. The molecule has 1 aromatic rings. The maximum Gasteiger partial charge on any atom is 0.234 e. The molecule has 1 aromatic carbocycles. The van der Waals surface area contributed by atoms with Crippen LogP contribution in [0, 0.1) is 6.92 Å². The summed E-state index contributed by atoms with van der Waals surface area (Å²) >= 11 is 1.57. The molecule has 1 atom stereocenters. The van der Waals surface area contributed by atoms with Crippen LogP contribution in [0.2, 0.25) is 0 Å². The fourth-order valence-corrected chi connectivity index (χ4v) is 1.85. The molecular weight excluding hydrogens is 220 g/mol. The number of carbonyl (C=O) groups is 1. The van der Waals surface area contributed by atoms with Gasteiger partial charge in [-0.2, -0.15) is 0 Å². The smallest absolute Gasteiger partial charge is 0.234 e. The first-order valence-corrected chi connectivity index (χ1v) is 6.35. The minimum atomic E-state index is 0.0240. The second-order valence-corrected chi connectivity index (χ2v) is 5.20. The van der Waals surface area contributed by atoms with E-state index in [0.717, 1.165) is 11.3 Å². The molecule has 0 fully saturated rings. The number of nitrogens with two attached hydrogens (primary N) is 1. The summed E-state index contributed by atoms with van der Waals surface area (Å²) in [5, 5.41) is 3.18. The molecule has 0 radical (unpaired) electrons. The molecule has 0 aliphatic heterocycles. The average molecular weight is 238 g/mol. The zero-order valence-electron chi connectivity index (χ0n) is 9.69. The third kappa shape index (κ3) is 4.68. The Kier molecular flexibility index (Phi) is 5.35. The normalized spacial score (nSPS) is 12.2. The van der Waals surface area contributed by atoms with E-state index in [0.29, 0.717) is 17.5 Å². The van der Waals surface area contributed by atoms with E-state index in [2.05, 4.69) is 5.32 Å². The van der Waals surface area contributed by atoms with Crippen LogP contribution in [0.4, 0.5) is 5.69 Å². The van der Waals surface area contributed by atoms with Crippen LogP contribution in [0.3, 0.4) is 0 Å². The maximum atomic E-state index is 11.6. The van der Waals surface area contributed by atoms with E-state index in [9.17, 15) is 4.79 Å². The van der Waals surface area contributed by atoms with Gasteiger partial charge in [0.25, 0.3) is 0 Å². The molecule has 1 amide bonds. The summed E-state index contributed by atoms with van der Waals surface area (Å²) in [5.41, 5.74) is 7.47. The number of aryl methyl sites for hydroxylation is 1. The Hall–Kier alpha value is -1.00. The predicted octanol–water partition coefficient (Wildman–Crippen LogP) is 2.01. The quantitative estimate of drug-likeness (QED) is 0.825. The number of thioether (sulfide) groups is 1. The molecule has 0 saturated heterocycles. The molecule has 88 valence electrons. The van der Waals surface area contributed by atoms with Crippen LogP contribution in [0.5, 0.6) is 0 Å². The van der Waals surface area contributed by atoms with E-state index in [1.54, 1.807) is 11.8 Å². The summed E-state index contributed by atoms with van der Waals surface area (Å²) in [6.45, 7) is 4.62. The summed E-state index contributed by atoms with van der Waals surface area (Å²) in [6.07, 6.45) is 0. The molecule has 0 spiro atoms. The SMILES string of the molecule is Cc1cccc(NC(=O)CSC(C)CN)c1. The Bertz CT molecular complexity index is 355. The van der Waals surface area contributed by atoms with Gasteiger partial charge in [-0.25, -0.2) is 0 Å². The molecule has 0 heterocycles. The van der Waals surface area contributed by atoms with Gasteiger partial charge in [-0.15, -0.1) is 11.8 Å². The zero-order valence-corrected chi connectivity index (χ0v) is 10.5. The van der Waals surface area contributed by atoms with Crippen molar-refractivity contribution in [3.8, 4) is 0 Å². The van der Waals surface area contributed by atoms with Crippen molar-refractivity contribution >= 4 is 23.4 Å². The number of anilines is 1. The first-order valence-electron chi connectivity index (χ1n) is 5.30. The minimum absolute atomic E-state index is 0.0240. The number of benzene rings is 1. The van der Waals surface area contributed by atoms with Crippen LogP contribution in [0.1, 0.15) is 12.5 Å². The van der Waals surface area contributed by atoms with E-state index < -0.39 is 0 Å². The van der Waals surface area contributed by atoms with Crippen molar-refractivity contribution in [1.29, 1.82) is 0 Å². The monoisotopic (exact) mass is 238 g/mol. The molecule has 4 heteroatoms. The van der Waals surface area contributed by atoms with Crippen molar-refractivity contribution in [1.82, 2.24) is 0 Å². The molecule has 0 saturated carbocycles. The van der Waals surface area contributed by atoms with E-state index in [-0.39, 0.29) is 5.91 Å². The molecular formula is C12H18N2OS. The van der Waals surface area contributed by atoms with Gasteiger partial charge in [-0.1, -0.05) is 19.1 Å². The lowest BCUT2D eigenvalue weighted by Gasteiger charge is -2.09. The molecule has 0 aliphatic carbocycles. The van der Waals surface area contributed by atoms with Crippen molar-refractivity contribution in [2.75, 3.05) is 17.6 Å². The molecule has 1 rings (SSSR count). The molecule has 3 nitrogen and oxygen atoms in total. The number of amides is 1. The molecule has 0 aliphatic rings. The Morgan fingerprint density at radius 3 is 2.94 bits per heavy atom. The molecule has 0 bridgehead atoms. The fraction of sp³-hybridized carbons (Fsp3) is 0.417. The second-order valence-electron chi connectivity index (χ2n) is 3.77. The number of nitrogens with one attached hydrogen (secondary N) is 1. The zero-order chi connectivity index (χ0) is 12.0. The summed E-state index contributed by atoms with van der Waals surface area (Å²) in [7, 11) is 0. The number of carbonyl (C=O) groups excluding carboxylic acids is 1. The molecule has 0 aromatic heterocycles.